The van der Waals surface area contributed by atoms with Crippen molar-refractivity contribution in [1.82, 2.24) is 0 Å². The van der Waals surface area contributed by atoms with Crippen LogP contribution in [0.25, 0.3) is 0 Å². The fourth-order valence-corrected chi connectivity index (χ4v) is 3.38. The van der Waals surface area contributed by atoms with Gasteiger partial charge in [0.1, 0.15) is 0 Å². The molecule has 0 radical (unpaired) electrons. The summed E-state index contributed by atoms with van der Waals surface area (Å²) in [5, 5.41) is 0. The number of hydrogen-bond acceptors (Lipinski definition) is 0. The normalized spacial score (nSPS) is 11.5. The second-order valence-corrected chi connectivity index (χ2v) is 7.54. The molecule has 0 nitrogen and oxygen atoms in total. The van der Waals surface area contributed by atoms with Gasteiger partial charge in [0.2, 0.25) is 6.43 Å². The fraction of sp³-hybridized carbons (Fsp3) is 1.00. The first-order chi connectivity index (χ1) is 11.8. The highest BCUT2D eigenvalue weighted by Gasteiger charge is 2.00. The maximum atomic E-state index is 12.0. The van der Waals surface area contributed by atoms with Gasteiger partial charge in [-0.05, 0) is 6.42 Å². The molecule has 0 aromatic carbocycles. The second-order valence-electron chi connectivity index (χ2n) is 7.54. The molecule has 0 atom stereocenters. The largest absolute Gasteiger partial charge is 0.238 e. The Morgan fingerprint density at radius 3 is 0.917 bits per heavy atom. The molecule has 0 saturated heterocycles. The topological polar surface area (TPSA) is 0 Å². The Bertz CT molecular complexity index is 216. The van der Waals surface area contributed by atoms with Gasteiger partial charge in [0.25, 0.3) is 0 Å². The molecule has 0 bridgehead atoms. The van der Waals surface area contributed by atoms with Crippen molar-refractivity contribution in [3.8, 4) is 0 Å². The van der Waals surface area contributed by atoms with Crippen LogP contribution in [0, 0.1) is 0 Å². The van der Waals surface area contributed by atoms with E-state index in [1.54, 1.807) is 0 Å². The molecule has 0 aromatic rings. The van der Waals surface area contributed by atoms with Crippen molar-refractivity contribution in [2.75, 3.05) is 0 Å². The Balaban J connectivity index is 2.95. The molecule has 0 saturated carbocycles. The van der Waals surface area contributed by atoms with Gasteiger partial charge in [-0.3, -0.25) is 0 Å². The van der Waals surface area contributed by atoms with Gasteiger partial charge in [-0.2, -0.15) is 0 Å². The van der Waals surface area contributed by atoms with Gasteiger partial charge in [-0.1, -0.05) is 122 Å². The molecule has 2 heteroatoms. The van der Waals surface area contributed by atoms with Gasteiger partial charge in [0.05, 0.1) is 0 Å². The highest BCUT2D eigenvalue weighted by molar-refractivity contribution is 4.51. The molecular weight excluding hydrogens is 302 g/mol. The quantitative estimate of drug-likeness (QED) is 0.193. The molecule has 0 aromatic heterocycles. The van der Waals surface area contributed by atoms with Crippen molar-refractivity contribution in [3.63, 3.8) is 0 Å². The van der Waals surface area contributed by atoms with Gasteiger partial charge in [0, 0.05) is 6.42 Å². The Hall–Kier alpha value is -0.140. The van der Waals surface area contributed by atoms with Crippen molar-refractivity contribution in [3.05, 3.63) is 0 Å². The zero-order valence-corrected chi connectivity index (χ0v) is 16.5. The molecule has 0 fully saturated rings. The van der Waals surface area contributed by atoms with Crippen molar-refractivity contribution < 1.29 is 8.78 Å². The van der Waals surface area contributed by atoms with Gasteiger partial charge in [-0.25, -0.2) is 8.78 Å². The summed E-state index contributed by atoms with van der Waals surface area (Å²) in [4.78, 5) is 0. The summed E-state index contributed by atoms with van der Waals surface area (Å²) in [6.07, 6.45) is 23.1. The van der Waals surface area contributed by atoms with Crippen LogP contribution in [-0.4, -0.2) is 6.43 Å². The summed E-state index contributed by atoms with van der Waals surface area (Å²) >= 11 is 0. The van der Waals surface area contributed by atoms with Crippen LogP contribution in [0.5, 0.6) is 0 Å². The van der Waals surface area contributed by atoms with Crippen LogP contribution in [0.3, 0.4) is 0 Å². The van der Waals surface area contributed by atoms with Crippen LogP contribution >= 0.6 is 0 Å². The van der Waals surface area contributed by atoms with Gasteiger partial charge in [0.15, 0.2) is 0 Å². The molecule has 0 aliphatic heterocycles. The van der Waals surface area contributed by atoms with Crippen LogP contribution in [-0.2, 0) is 0 Å². The molecule has 0 N–H and O–H groups in total. The standard InChI is InChI=1S/C22H44F2/c1-2-3-4-5-6-7-8-9-10-11-12-13-14-15-16-17-18-19-20-21-22(23)24/h22H,2-21H2,1H3. The molecule has 0 rings (SSSR count). The third kappa shape index (κ3) is 21.9. The first-order valence-corrected chi connectivity index (χ1v) is 11.1. The third-order valence-corrected chi connectivity index (χ3v) is 5.03. The number of hydrogen-bond donors (Lipinski definition) is 0. The van der Waals surface area contributed by atoms with E-state index in [1.165, 1.54) is 103 Å². The van der Waals surface area contributed by atoms with Gasteiger partial charge >= 0.3 is 0 Å². The van der Waals surface area contributed by atoms with E-state index < -0.39 is 6.43 Å². The lowest BCUT2D eigenvalue weighted by atomic mass is 10.0. The molecule has 0 aliphatic rings. The van der Waals surface area contributed by atoms with Crippen LogP contribution in [0.4, 0.5) is 8.78 Å². The maximum Gasteiger partial charge on any atom is 0.238 e. The van der Waals surface area contributed by atoms with Crippen molar-refractivity contribution >= 4 is 0 Å². The molecule has 0 spiro atoms. The summed E-state index contributed by atoms with van der Waals surface area (Å²) < 4.78 is 23.9. The molecule has 0 amide bonds. The minimum Gasteiger partial charge on any atom is -0.211 e. The van der Waals surface area contributed by atoms with Crippen LogP contribution in [0.15, 0.2) is 0 Å². The monoisotopic (exact) mass is 346 g/mol. The third-order valence-electron chi connectivity index (χ3n) is 5.03. The molecule has 0 unspecified atom stereocenters. The first-order valence-electron chi connectivity index (χ1n) is 11.1. The Kier molecular flexibility index (Phi) is 20.8. The zero-order chi connectivity index (χ0) is 17.7. The predicted octanol–water partition coefficient (Wildman–Crippen LogP) is 9.07. The molecular formula is C22H44F2. The highest BCUT2D eigenvalue weighted by Crippen LogP contribution is 2.15. The average Bonchev–Trinajstić information content (AvgIpc) is 2.56. The summed E-state index contributed by atoms with van der Waals surface area (Å²) in [5.74, 6) is 0. The maximum absolute atomic E-state index is 12.0. The van der Waals surface area contributed by atoms with Crippen LogP contribution in [0.1, 0.15) is 135 Å². The lowest BCUT2D eigenvalue weighted by molar-refractivity contribution is 0.133. The Labute approximate surface area is 151 Å². The van der Waals surface area contributed by atoms with E-state index in [0.717, 1.165) is 12.8 Å². The van der Waals surface area contributed by atoms with E-state index in [2.05, 4.69) is 6.92 Å². The lowest BCUT2D eigenvalue weighted by Crippen LogP contribution is -1.89. The first kappa shape index (κ1) is 23.9. The van der Waals surface area contributed by atoms with E-state index in [-0.39, 0.29) is 6.42 Å². The van der Waals surface area contributed by atoms with E-state index in [0.29, 0.717) is 6.42 Å². The number of unbranched alkanes of at least 4 members (excludes halogenated alkanes) is 18. The number of alkyl halides is 2. The minimum atomic E-state index is -2.10. The highest BCUT2D eigenvalue weighted by atomic mass is 19.3. The van der Waals surface area contributed by atoms with Crippen molar-refractivity contribution in [2.24, 2.45) is 0 Å². The Morgan fingerprint density at radius 1 is 0.417 bits per heavy atom. The SMILES string of the molecule is CCCCCCCCCCCCCCCCCCCCCC(F)F. The fourth-order valence-electron chi connectivity index (χ4n) is 3.38. The second kappa shape index (κ2) is 20.9. The Morgan fingerprint density at radius 2 is 0.667 bits per heavy atom. The van der Waals surface area contributed by atoms with Crippen LogP contribution in [0.2, 0.25) is 0 Å². The summed E-state index contributed by atoms with van der Waals surface area (Å²) in [6.45, 7) is 2.28. The van der Waals surface area contributed by atoms with E-state index in [1.807, 2.05) is 0 Å². The average molecular weight is 347 g/mol. The molecule has 146 valence electrons. The van der Waals surface area contributed by atoms with E-state index in [9.17, 15) is 8.78 Å². The number of rotatable bonds is 20. The molecule has 0 heterocycles. The number of halogens is 2. The molecule has 24 heavy (non-hydrogen) atoms. The van der Waals surface area contributed by atoms with E-state index >= 15 is 0 Å². The van der Waals surface area contributed by atoms with Crippen molar-refractivity contribution in [1.29, 1.82) is 0 Å². The lowest BCUT2D eigenvalue weighted by Gasteiger charge is -2.04. The van der Waals surface area contributed by atoms with Crippen molar-refractivity contribution in [2.45, 2.75) is 142 Å². The molecule has 0 aliphatic carbocycles. The van der Waals surface area contributed by atoms with Crippen LogP contribution < -0.4 is 0 Å². The summed E-state index contributed by atoms with van der Waals surface area (Å²) in [6, 6.07) is 0. The summed E-state index contributed by atoms with van der Waals surface area (Å²) in [7, 11) is 0. The minimum absolute atomic E-state index is 0.0961. The van der Waals surface area contributed by atoms with Gasteiger partial charge in [-0.15, -0.1) is 0 Å². The smallest absolute Gasteiger partial charge is 0.211 e. The zero-order valence-electron chi connectivity index (χ0n) is 16.5. The van der Waals surface area contributed by atoms with E-state index in [4.69, 9.17) is 0 Å². The summed E-state index contributed by atoms with van der Waals surface area (Å²) in [5.41, 5.74) is 0. The predicted molar refractivity (Wildman–Crippen MR) is 104 cm³/mol. The van der Waals surface area contributed by atoms with Gasteiger partial charge < -0.3 is 0 Å².